The molecule has 0 bridgehead atoms. The largest absolute Gasteiger partial charge is 0.353 e. The van der Waals surface area contributed by atoms with Crippen molar-refractivity contribution in [3.8, 4) is 0 Å². The lowest BCUT2D eigenvalue weighted by Crippen LogP contribution is -2.63. The Morgan fingerprint density at radius 2 is 1.57 bits per heavy atom. The minimum atomic E-state index is -0.965. The van der Waals surface area contributed by atoms with Crippen LogP contribution in [0.1, 0.15) is 62.6 Å². The van der Waals surface area contributed by atoms with Gasteiger partial charge in [0, 0.05) is 24.5 Å². The lowest BCUT2D eigenvalue weighted by molar-refractivity contribution is -0.138. The van der Waals surface area contributed by atoms with E-state index in [1.807, 2.05) is 42.1 Å². The van der Waals surface area contributed by atoms with Crippen LogP contribution in [0.25, 0.3) is 11.0 Å². The summed E-state index contributed by atoms with van der Waals surface area (Å²) in [6, 6.07) is 8.14. The molecule has 1 saturated carbocycles. The predicted octanol–water partition coefficient (Wildman–Crippen LogP) is 1.98. The van der Waals surface area contributed by atoms with Crippen LogP contribution in [-0.2, 0) is 20.8 Å². The maximum atomic E-state index is 14.2. The summed E-state index contributed by atoms with van der Waals surface area (Å²) >= 11 is 1.82. The maximum absolute atomic E-state index is 14.2. The molecule has 44 heavy (non-hydrogen) atoms. The summed E-state index contributed by atoms with van der Waals surface area (Å²) in [5.74, 6) is 0.0528. The van der Waals surface area contributed by atoms with Gasteiger partial charge in [-0.15, -0.1) is 0 Å². The van der Waals surface area contributed by atoms with Gasteiger partial charge < -0.3 is 16.0 Å². The molecule has 0 spiro atoms. The normalized spacial score (nSPS) is 24.5. The molecule has 0 radical (unpaired) electrons. The number of thioether (sulfide) groups is 1. The van der Waals surface area contributed by atoms with Gasteiger partial charge in [0.15, 0.2) is 0 Å². The second-order valence-electron chi connectivity index (χ2n) is 11.8. The third-order valence-electron chi connectivity index (χ3n) is 8.84. The number of rotatable bonds is 7. The van der Waals surface area contributed by atoms with Gasteiger partial charge in [0.2, 0.25) is 17.7 Å². The maximum Gasteiger partial charge on any atom is 0.333 e. The molecule has 2 aliphatic heterocycles. The van der Waals surface area contributed by atoms with E-state index in [4.69, 9.17) is 0 Å². The van der Waals surface area contributed by atoms with Gasteiger partial charge >= 0.3 is 5.69 Å². The average molecular weight is 623 g/mol. The number of fused-ring (bicyclic) bond motifs is 1. The first kappa shape index (κ1) is 30.0. The minimum absolute atomic E-state index is 0.0945. The Hall–Kier alpha value is -4.00. The van der Waals surface area contributed by atoms with Crippen molar-refractivity contribution in [3.63, 3.8) is 0 Å². The molecule has 1 aromatic carbocycles. The zero-order valence-electron chi connectivity index (χ0n) is 24.2. The van der Waals surface area contributed by atoms with E-state index < -0.39 is 41.1 Å². The van der Waals surface area contributed by atoms with Gasteiger partial charge in [-0.2, -0.15) is 11.8 Å². The van der Waals surface area contributed by atoms with Gasteiger partial charge in [-0.25, -0.2) is 14.2 Å². The van der Waals surface area contributed by atoms with Crippen molar-refractivity contribution >= 4 is 40.5 Å². The topological polar surface area (TPSA) is 144 Å². The Balaban J connectivity index is 1.09. The molecule has 3 aliphatic rings. The molecule has 2 atom stereocenters. The summed E-state index contributed by atoms with van der Waals surface area (Å²) in [5, 5.41) is 8.45. The Labute approximate surface area is 257 Å². The number of carbonyl (C=O) groups excluding carboxylic acids is 3. The fourth-order valence-corrected chi connectivity index (χ4v) is 7.64. The van der Waals surface area contributed by atoms with Crippen molar-refractivity contribution in [2.45, 2.75) is 81.6 Å². The Kier molecular flexibility index (Phi) is 8.83. The minimum Gasteiger partial charge on any atom is -0.353 e. The van der Waals surface area contributed by atoms with Crippen LogP contribution in [-0.4, -0.2) is 61.5 Å². The molecular weight excluding hydrogens is 587 g/mol. The standard InChI is InChI=1S/C31H35FN6O5S/c32-19-15-23-27(33-17-19)37(22-10-12-44-13-11-22)31(43)38(30(23)42)21-8-6-20(7-9-21)34-26(39)16-25-29(41)35-24(28(40)36-25)14-18-4-2-1-3-5-18/h1-5,15,17,20-22,24-25H,6-14,16H2,(H,34,39)(H,35,41)(H,36,40)/t20-,21+,24-,25-/m0/s1. The van der Waals surface area contributed by atoms with Crippen LogP contribution >= 0.6 is 11.8 Å². The first-order valence-electron chi connectivity index (χ1n) is 15.1. The monoisotopic (exact) mass is 622 g/mol. The van der Waals surface area contributed by atoms with Crippen LogP contribution in [0.15, 0.2) is 52.2 Å². The number of halogens is 1. The first-order chi connectivity index (χ1) is 21.3. The summed E-state index contributed by atoms with van der Waals surface area (Å²) in [5.41, 5.74) is 0.174. The molecule has 232 valence electrons. The van der Waals surface area contributed by atoms with Gasteiger partial charge in [-0.05, 0) is 61.7 Å². The summed E-state index contributed by atoms with van der Waals surface area (Å²) < 4.78 is 17.0. The number of carbonyl (C=O) groups is 3. The quantitative estimate of drug-likeness (QED) is 0.366. The number of piperazine rings is 1. The number of nitrogens with zero attached hydrogens (tertiary/aromatic N) is 3. The Bertz CT molecular complexity index is 1680. The van der Waals surface area contributed by atoms with E-state index in [0.29, 0.717) is 32.1 Å². The van der Waals surface area contributed by atoms with Crippen molar-refractivity contribution < 1.29 is 18.8 Å². The van der Waals surface area contributed by atoms with E-state index >= 15 is 0 Å². The van der Waals surface area contributed by atoms with Gasteiger partial charge in [0.25, 0.3) is 5.56 Å². The fraction of sp³-hybridized carbons (Fsp3) is 0.484. The van der Waals surface area contributed by atoms with Crippen molar-refractivity contribution in [1.29, 1.82) is 0 Å². The second kappa shape index (κ2) is 12.9. The van der Waals surface area contributed by atoms with Crippen LogP contribution in [0.3, 0.4) is 0 Å². The zero-order valence-corrected chi connectivity index (χ0v) is 25.0. The first-order valence-corrected chi connectivity index (χ1v) is 16.3. The lowest BCUT2D eigenvalue weighted by Gasteiger charge is -2.32. The lowest BCUT2D eigenvalue weighted by atomic mass is 9.90. The van der Waals surface area contributed by atoms with E-state index in [1.54, 1.807) is 4.57 Å². The van der Waals surface area contributed by atoms with Crippen molar-refractivity contribution in [2.24, 2.45) is 0 Å². The zero-order chi connectivity index (χ0) is 30.8. The highest BCUT2D eigenvalue weighted by molar-refractivity contribution is 7.99. The molecule has 2 aromatic heterocycles. The third kappa shape index (κ3) is 6.28. The molecule has 3 fully saturated rings. The molecule has 0 unspecified atom stereocenters. The molecule has 1 aliphatic carbocycles. The Morgan fingerprint density at radius 3 is 2.30 bits per heavy atom. The van der Waals surface area contributed by atoms with Gasteiger partial charge in [-0.1, -0.05) is 30.3 Å². The molecule has 13 heteroatoms. The SMILES string of the molecule is O=C(C[C@@H]1NC(=O)[C@H](Cc2ccccc2)NC1=O)N[C@H]1CC[C@@H](n2c(=O)c3cc(F)cnc3n(C3CCSCC3)c2=O)CC1. The summed E-state index contributed by atoms with van der Waals surface area (Å²) in [6.07, 6.45) is 4.71. The van der Waals surface area contributed by atoms with Crippen molar-refractivity contribution in [2.75, 3.05) is 11.5 Å². The summed E-state index contributed by atoms with van der Waals surface area (Å²) in [6.45, 7) is 0. The van der Waals surface area contributed by atoms with E-state index in [9.17, 15) is 28.4 Å². The molecule has 3 amide bonds. The molecule has 3 N–H and O–H groups in total. The van der Waals surface area contributed by atoms with Crippen LogP contribution < -0.4 is 27.2 Å². The molecule has 3 aromatic rings. The number of amides is 3. The third-order valence-corrected chi connectivity index (χ3v) is 9.89. The molecular formula is C31H35FN6O5S. The molecule has 4 heterocycles. The number of pyridine rings is 1. The number of nitrogens with one attached hydrogen (secondary N) is 3. The van der Waals surface area contributed by atoms with Crippen LogP contribution in [0.4, 0.5) is 4.39 Å². The van der Waals surface area contributed by atoms with E-state index in [-0.39, 0.29) is 41.4 Å². The van der Waals surface area contributed by atoms with Gasteiger partial charge in [0.1, 0.15) is 23.5 Å². The summed E-state index contributed by atoms with van der Waals surface area (Å²) in [7, 11) is 0. The van der Waals surface area contributed by atoms with Crippen LogP contribution in [0, 0.1) is 5.82 Å². The van der Waals surface area contributed by atoms with Crippen LogP contribution in [0.2, 0.25) is 0 Å². The smallest absolute Gasteiger partial charge is 0.333 e. The number of hydrogen-bond donors (Lipinski definition) is 3. The highest BCUT2D eigenvalue weighted by Crippen LogP contribution is 2.30. The van der Waals surface area contributed by atoms with E-state index in [1.165, 1.54) is 4.57 Å². The fourth-order valence-electron chi connectivity index (χ4n) is 6.56. The van der Waals surface area contributed by atoms with Crippen molar-refractivity contribution in [1.82, 2.24) is 30.1 Å². The average Bonchev–Trinajstić information content (AvgIpc) is 3.02. The second-order valence-corrected chi connectivity index (χ2v) is 13.0. The molecule has 6 rings (SSSR count). The number of aromatic nitrogens is 3. The number of hydrogen-bond acceptors (Lipinski definition) is 7. The number of benzene rings is 1. The summed E-state index contributed by atoms with van der Waals surface area (Å²) in [4.78, 5) is 69.6. The highest BCUT2D eigenvalue weighted by atomic mass is 32.2. The van der Waals surface area contributed by atoms with E-state index in [0.717, 1.165) is 42.2 Å². The van der Waals surface area contributed by atoms with Gasteiger partial charge in [0.05, 0.1) is 18.0 Å². The van der Waals surface area contributed by atoms with E-state index in [2.05, 4.69) is 20.9 Å². The Morgan fingerprint density at radius 1 is 0.909 bits per heavy atom. The highest BCUT2D eigenvalue weighted by Gasteiger charge is 2.36. The predicted molar refractivity (Wildman–Crippen MR) is 164 cm³/mol. The van der Waals surface area contributed by atoms with Crippen molar-refractivity contribution in [3.05, 3.63) is 74.8 Å². The molecule has 11 nitrogen and oxygen atoms in total. The molecule has 2 saturated heterocycles. The van der Waals surface area contributed by atoms with Crippen LogP contribution in [0.5, 0.6) is 0 Å². The van der Waals surface area contributed by atoms with Gasteiger partial charge in [-0.3, -0.25) is 28.3 Å².